The Kier molecular flexibility index (Phi) is 6.72. The summed E-state index contributed by atoms with van der Waals surface area (Å²) in [6, 6.07) is 6.28. The van der Waals surface area contributed by atoms with E-state index in [0.29, 0.717) is 0 Å². The fourth-order valence-electron chi connectivity index (χ4n) is 1.98. The Morgan fingerprint density at radius 2 is 1.78 bits per heavy atom. The van der Waals surface area contributed by atoms with Crippen molar-refractivity contribution in [3.63, 3.8) is 0 Å². The monoisotopic (exact) mass is 324 g/mol. The zero-order valence-corrected chi connectivity index (χ0v) is 13.9. The van der Waals surface area contributed by atoms with Gasteiger partial charge in [0.05, 0.1) is 24.7 Å². The molecular weight excluding hydrogens is 300 g/mol. The molecule has 128 valence electrons. The molecule has 2 atom stereocenters. The van der Waals surface area contributed by atoms with Crippen LogP contribution in [0.2, 0.25) is 0 Å². The average molecular weight is 324 g/mol. The molecule has 2 unspecified atom stereocenters. The summed E-state index contributed by atoms with van der Waals surface area (Å²) < 4.78 is 10.0. The molecule has 0 aromatic heterocycles. The van der Waals surface area contributed by atoms with Gasteiger partial charge in [0.1, 0.15) is 11.7 Å². The first-order chi connectivity index (χ1) is 10.7. The standard InChI is InChI=1S/C17H24O6/c1-5-22-14(19)10-13(18)15(20)11-8-6-7-9-12(11)16(21)23-17(2,3)4/h6-9,13,15,18,20H,5,10H2,1-4H3. The molecule has 0 spiro atoms. The van der Waals surface area contributed by atoms with E-state index in [2.05, 4.69) is 0 Å². The Balaban J connectivity index is 2.95. The fourth-order valence-corrected chi connectivity index (χ4v) is 1.98. The van der Waals surface area contributed by atoms with Gasteiger partial charge in [-0.2, -0.15) is 0 Å². The SMILES string of the molecule is CCOC(=O)CC(O)C(O)c1ccccc1C(=O)OC(C)(C)C. The number of benzene rings is 1. The van der Waals surface area contributed by atoms with Crippen molar-refractivity contribution in [3.8, 4) is 0 Å². The molecule has 0 amide bonds. The van der Waals surface area contributed by atoms with E-state index in [1.54, 1.807) is 39.8 Å². The lowest BCUT2D eigenvalue weighted by Gasteiger charge is -2.23. The van der Waals surface area contributed by atoms with Gasteiger partial charge in [0.15, 0.2) is 0 Å². The topological polar surface area (TPSA) is 93.1 Å². The van der Waals surface area contributed by atoms with Gasteiger partial charge in [-0.05, 0) is 39.3 Å². The van der Waals surface area contributed by atoms with E-state index in [0.717, 1.165) is 0 Å². The number of rotatable bonds is 6. The van der Waals surface area contributed by atoms with E-state index in [1.165, 1.54) is 12.1 Å². The average Bonchev–Trinajstić information content (AvgIpc) is 2.44. The van der Waals surface area contributed by atoms with Crippen LogP contribution in [-0.2, 0) is 14.3 Å². The molecule has 1 aromatic carbocycles. The van der Waals surface area contributed by atoms with Crippen LogP contribution in [-0.4, -0.2) is 40.5 Å². The summed E-state index contributed by atoms with van der Waals surface area (Å²) in [4.78, 5) is 23.6. The molecule has 0 bridgehead atoms. The lowest BCUT2D eigenvalue weighted by molar-refractivity contribution is -0.147. The zero-order chi connectivity index (χ0) is 17.6. The summed E-state index contributed by atoms with van der Waals surface area (Å²) in [5.74, 6) is -1.22. The van der Waals surface area contributed by atoms with Crippen molar-refractivity contribution < 1.29 is 29.3 Å². The van der Waals surface area contributed by atoms with Crippen molar-refractivity contribution in [1.82, 2.24) is 0 Å². The number of hydrogen-bond donors (Lipinski definition) is 2. The first kappa shape index (κ1) is 19.1. The van der Waals surface area contributed by atoms with Crippen LogP contribution < -0.4 is 0 Å². The summed E-state index contributed by atoms with van der Waals surface area (Å²) in [7, 11) is 0. The predicted octanol–water partition coefficient (Wildman–Crippen LogP) is 1.99. The third-order valence-corrected chi connectivity index (χ3v) is 2.94. The van der Waals surface area contributed by atoms with Crippen LogP contribution in [0, 0.1) is 0 Å². The van der Waals surface area contributed by atoms with Crippen LogP contribution in [0.15, 0.2) is 24.3 Å². The highest BCUT2D eigenvalue weighted by molar-refractivity contribution is 5.91. The van der Waals surface area contributed by atoms with Crippen molar-refractivity contribution in [3.05, 3.63) is 35.4 Å². The zero-order valence-electron chi connectivity index (χ0n) is 13.9. The minimum Gasteiger partial charge on any atom is -0.466 e. The number of carbonyl (C=O) groups excluding carboxylic acids is 2. The van der Waals surface area contributed by atoms with Crippen LogP contribution in [0.1, 0.15) is 56.1 Å². The van der Waals surface area contributed by atoms with E-state index in [9.17, 15) is 19.8 Å². The molecule has 0 fully saturated rings. The molecule has 0 aliphatic rings. The summed E-state index contributed by atoms with van der Waals surface area (Å²) in [6.45, 7) is 7.05. The van der Waals surface area contributed by atoms with Crippen molar-refractivity contribution in [2.24, 2.45) is 0 Å². The molecule has 0 heterocycles. The van der Waals surface area contributed by atoms with Crippen LogP contribution in [0.5, 0.6) is 0 Å². The van der Waals surface area contributed by atoms with Gasteiger partial charge in [0, 0.05) is 0 Å². The Morgan fingerprint density at radius 1 is 1.17 bits per heavy atom. The van der Waals surface area contributed by atoms with Gasteiger partial charge in [-0.15, -0.1) is 0 Å². The lowest BCUT2D eigenvalue weighted by Crippen LogP contribution is -2.27. The van der Waals surface area contributed by atoms with Gasteiger partial charge in [0.25, 0.3) is 0 Å². The third-order valence-electron chi connectivity index (χ3n) is 2.94. The second kappa shape index (κ2) is 8.08. The highest BCUT2D eigenvalue weighted by Crippen LogP contribution is 2.25. The maximum Gasteiger partial charge on any atom is 0.339 e. The first-order valence-corrected chi connectivity index (χ1v) is 7.49. The van der Waals surface area contributed by atoms with Crippen molar-refractivity contribution in [1.29, 1.82) is 0 Å². The molecule has 0 aliphatic heterocycles. The van der Waals surface area contributed by atoms with Gasteiger partial charge in [-0.25, -0.2) is 4.79 Å². The molecule has 0 saturated heterocycles. The number of aliphatic hydroxyl groups excluding tert-OH is 2. The molecule has 0 radical (unpaired) electrons. The highest BCUT2D eigenvalue weighted by Gasteiger charge is 2.27. The minimum absolute atomic E-state index is 0.151. The van der Waals surface area contributed by atoms with Crippen molar-refractivity contribution in [2.45, 2.75) is 51.9 Å². The van der Waals surface area contributed by atoms with Gasteiger partial charge < -0.3 is 19.7 Å². The molecule has 1 aromatic rings. The maximum atomic E-state index is 12.2. The largest absolute Gasteiger partial charge is 0.466 e. The second-order valence-corrected chi connectivity index (χ2v) is 6.11. The summed E-state index contributed by atoms with van der Waals surface area (Å²) in [5, 5.41) is 20.3. The van der Waals surface area contributed by atoms with E-state index in [1.807, 2.05) is 0 Å². The molecule has 2 N–H and O–H groups in total. The van der Waals surface area contributed by atoms with Crippen molar-refractivity contribution in [2.75, 3.05) is 6.61 Å². The van der Waals surface area contributed by atoms with E-state index >= 15 is 0 Å². The predicted molar refractivity (Wildman–Crippen MR) is 83.8 cm³/mol. The Labute approximate surface area is 136 Å². The minimum atomic E-state index is -1.40. The van der Waals surface area contributed by atoms with Gasteiger partial charge >= 0.3 is 11.9 Å². The van der Waals surface area contributed by atoms with E-state index in [4.69, 9.17) is 9.47 Å². The molecule has 1 rings (SSSR count). The summed E-state index contributed by atoms with van der Waals surface area (Å²) in [6.07, 6.45) is -3.14. The maximum absolute atomic E-state index is 12.2. The Hall–Kier alpha value is -1.92. The quantitative estimate of drug-likeness (QED) is 0.777. The number of carbonyl (C=O) groups is 2. The number of esters is 2. The van der Waals surface area contributed by atoms with Crippen LogP contribution in [0.25, 0.3) is 0 Å². The smallest absolute Gasteiger partial charge is 0.339 e. The van der Waals surface area contributed by atoms with E-state index in [-0.39, 0.29) is 24.2 Å². The lowest BCUT2D eigenvalue weighted by atomic mass is 9.97. The number of aliphatic hydroxyl groups is 2. The molecular formula is C17H24O6. The van der Waals surface area contributed by atoms with Crippen LogP contribution in [0.4, 0.5) is 0 Å². The molecule has 0 saturated carbocycles. The second-order valence-electron chi connectivity index (χ2n) is 6.11. The first-order valence-electron chi connectivity index (χ1n) is 7.49. The number of hydrogen-bond acceptors (Lipinski definition) is 6. The van der Waals surface area contributed by atoms with E-state index < -0.39 is 29.7 Å². The molecule has 0 aliphatic carbocycles. The summed E-state index contributed by atoms with van der Waals surface area (Å²) in [5.41, 5.74) is -0.324. The van der Waals surface area contributed by atoms with Crippen LogP contribution in [0.3, 0.4) is 0 Å². The molecule has 6 nitrogen and oxygen atoms in total. The molecule has 23 heavy (non-hydrogen) atoms. The van der Waals surface area contributed by atoms with Gasteiger partial charge in [0.2, 0.25) is 0 Å². The Morgan fingerprint density at radius 3 is 2.35 bits per heavy atom. The third kappa shape index (κ3) is 6.00. The van der Waals surface area contributed by atoms with Crippen molar-refractivity contribution >= 4 is 11.9 Å². The fraction of sp³-hybridized carbons (Fsp3) is 0.529. The van der Waals surface area contributed by atoms with Gasteiger partial charge in [-0.1, -0.05) is 18.2 Å². The van der Waals surface area contributed by atoms with Gasteiger partial charge in [-0.3, -0.25) is 4.79 Å². The normalized spacial score (nSPS) is 14.0. The van der Waals surface area contributed by atoms with Crippen LogP contribution >= 0.6 is 0 Å². The Bertz CT molecular complexity index is 546. The highest BCUT2D eigenvalue weighted by atomic mass is 16.6. The molecule has 6 heteroatoms. The summed E-state index contributed by atoms with van der Waals surface area (Å²) >= 11 is 0. The number of ether oxygens (including phenoxy) is 2.